The van der Waals surface area contributed by atoms with Crippen LogP contribution in [0.25, 0.3) is 6.08 Å². The van der Waals surface area contributed by atoms with Crippen molar-refractivity contribution in [2.24, 2.45) is 5.10 Å². The van der Waals surface area contributed by atoms with Gasteiger partial charge in [-0.2, -0.15) is 5.10 Å². The maximum absolute atomic E-state index is 10.6. The van der Waals surface area contributed by atoms with Crippen molar-refractivity contribution >= 4 is 23.9 Å². The van der Waals surface area contributed by atoms with Crippen LogP contribution in [0.4, 0.5) is 11.6 Å². The topological polar surface area (TPSA) is 125 Å². The molecule has 0 aliphatic rings. The molecule has 2 N–H and O–H groups in total. The summed E-state index contributed by atoms with van der Waals surface area (Å²) in [7, 11) is 0. The largest absolute Gasteiger partial charge is 0.365 e. The molecular formula is C10H9N7O2. The van der Waals surface area contributed by atoms with Crippen LogP contribution in [0, 0.1) is 10.1 Å². The maximum Gasteiger partial charge on any atom is 0.270 e. The number of hydrogen-bond donors (Lipinski definition) is 1. The molecule has 0 aliphatic carbocycles. The summed E-state index contributed by atoms with van der Waals surface area (Å²) in [4.78, 5) is 11.2. The van der Waals surface area contributed by atoms with Gasteiger partial charge in [-0.05, 0) is 22.1 Å². The Kier molecular flexibility index (Phi) is 3.57. The number of nitro groups is 1. The molecule has 0 unspecified atom stereocenters. The third-order valence-corrected chi connectivity index (χ3v) is 2.11. The summed E-state index contributed by atoms with van der Waals surface area (Å²) in [5.41, 5.74) is 6.12. The van der Waals surface area contributed by atoms with E-state index in [1.54, 1.807) is 24.3 Å². The van der Waals surface area contributed by atoms with Crippen molar-refractivity contribution in [3.8, 4) is 0 Å². The van der Waals surface area contributed by atoms with Crippen LogP contribution >= 0.6 is 0 Å². The first kappa shape index (κ1) is 12.4. The summed E-state index contributed by atoms with van der Waals surface area (Å²) in [6.45, 7) is 0. The third kappa shape index (κ3) is 3.19. The number of tetrazole rings is 1. The van der Waals surface area contributed by atoms with E-state index in [4.69, 9.17) is 5.73 Å². The predicted octanol–water partition coefficient (Wildman–Crippen LogP) is 0.711. The fourth-order valence-corrected chi connectivity index (χ4v) is 1.27. The molecule has 96 valence electrons. The van der Waals surface area contributed by atoms with E-state index < -0.39 is 4.92 Å². The second-order valence-corrected chi connectivity index (χ2v) is 3.40. The van der Waals surface area contributed by atoms with Gasteiger partial charge in [-0.15, -0.1) is 0 Å². The Morgan fingerprint density at radius 3 is 3.00 bits per heavy atom. The molecule has 1 heterocycles. The molecule has 0 saturated carbocycles. The number of nitrogens with two attached hydrogens (primary N) is 1. The van der Waals surface area contributed by atoms with E-state index in [0.717, 1.165) is 4.79 Å². The summed E-state index contributed by atoms with van der Waals surface area (Å²) < 4.78 is 0. The number of hydrogen-bond acceptors (Lipinski definition) is 7. The molecular weight excluding hydrogens is 250 g/mol. The molecule has 0 radical (unpaired) electrons. The van der Waals surface area contributed by atoms with Gasteiger partial charge in [-0.25, -0.2) is 0 Å². The van der Waals surface area contributed by atoms with Crippen LogP contribution in [0.15, 0.2) is 35.4 Å². The van der Waals surface area contributed by atoms with Gasteiger partial charge in [0.05, 0.1) is 4.92 Å². The first-order valence-electron chi connectivity index (χ1n) is 5.16. The lowest BCUT2D eigenvalue weighted by Gasteiger charge is -1.93. The van der Waals surface area contributed by atoms with Gasteiger partial charge in [0.25, 0.3) is 11.6 Å². The van der Waals surface area contributed by atoms with Crippen LogP contribution in [0.1, 0.15) is 5.56 Å². The van der Waals surface area contributed by atoms with Gasteiger partial charge < -0.3 is 5.73 Å². The maximum atomic E-state index is 10.6. The lowest BCUT2D eigenvalue weighted by atomic mass is 10.2. The van der Waals surface area contributed by atoms with E-state index in [1.807, 2.05) is 0 Å². The molecule has 1 aromatic carbocycles. The van der Waals surface area contributed by atoms with Gasteiger partial charge in [-0.1, -0.05) is 28.1 Å². The monoisotopic (exact) mass is 259 g/mol. The number of rotatable bonds is 4. The van der Waals surface area contributed by atoms with Crippen molar-refractivity contribution < 1.29 is 4.92 Å². The van der Waals surface area contributed by atoms with Crippen molar-refractivity contribution in [1.82, 2.24) is 20.3 Å². The van der Waals surface area contributed by atoms with E-state index >= 15 is 0 Å². The summed E-state index contributed by atoms with van der Waals surface area (Å²) in [5, 5.41) is 24.7. The number of aromatic nitrogens is 4. The molecule has 1 aromatic heterocycles. The summed E-state index contributed by atoms with van der Waals surface area (Å²) in [5.74, 6) is 0.0694. The van der Waals surface area contributed by atoms with Crippen LogP contribution in [-0.2, 0) is 0 Å². The highest BCUT2D eigenvalue weighted by Gasteiger charge is 2.03. The van der Waals surface area contributed by atoms with E-state index in [9.17, 15) is 10.1 Å². The fraction of sp³-hybridized carbons (Fsp3) is 0. The molecule has 0 fully saturated rings. The number of benzene rings is 1. The van der Waals surface area contributed by atoms with E-state index in [0.29, 0.717) is 5.56 Å². The SMILES string of the molecule is Nc1nnnn1N=CC=Cc1cccc([N+](=O)[O-])c1. The van der Waals surface area contributed by atoms with E-state index in [2.05, 4.69) is 20.6 Å². The van der Waals surface area contributed by atoms with Crippen molar-refractivity contribution in [3.05, 3.63) is 46.0 Å². The van der Waals surface area contributed by atoms with E-state index in [1.165, 1.54) is 18.3 Å². The third-order valence-electron chi connectivity index (χ3n) is 2.11. The summed E-state index contributed by atoms with van der Waals surface area (Å²) in [6.07, 6.45) is 4.68. The fourth-order valence-electron chi connectivity index (χ4n) is 1.27. The molecule has 0 saturated heterocycles. The Balaban J connectivity index is 2.07. The number of anilines is 1. The van der Waals surface area contributed by atoms with Crippen LogP contribution in [0.5, 0.6) is 0 Å². The molecule has 0 bridgehead atoms. The van der Waals surface area contributed by atoms with Crippen molar-refractivity contribution in [2.75, 3.05) is 5.73 Å². The molecule has 0 aliphatic heterocycles. The number of non-ortho nitro benzene ring substituents is 1. The first-order valence-corrected chi connectivity index (χ1v) is 5.16. The van der Waals surface area contributed by atoms with Gasteiger partial charge in [0.15, 0.2) is 0 Å². The number of nitrogen functional groups attached to an aromatic ring is 1. The van der Waals surface area contributed by atoms with Gasteiger partial charge in [0.1, 0.15) is 0 Å². The highest BCUT2D eigenvalue weighted by molar-refractivity contribution is 5.78. The molecule has 0 spiro atoms. The lowest BCUT2D eigenvalue weighted by molar-refractivity contribution is -0.384. The smallest absolute Gasteiger partial charge is 0.270 e. The minimum atomic E-state index is -0.451. The van der Waals surface area contributed by atoms with Crippen molar-refractivity contribution in [1.29, 1.82) is 0 Å². The molecule has 2 aromatic rings. The van der Waals surface area contributed by atoms with Crippen LogP contribution < -0.4 is 5.73 Å². The summed E-state index contributed by atoms with van der Waals surface area (Å²) >= 11 is 0. The molecule has 9 nitrogen and oxygen atoms in total. The van der Waals surface area contributed by atoms with Gasteiger partial charge >= 0.3 is 0 Å². The molecule has 0 amide bonds. The lowest BCUT2D eigenvalue weighted by Crippen LogP contribution is -1.98. The van der Waals surface area contributed by atoms with Gasteiger partial charge in [0.2, 0.25) is 0 Å². The Bertz CT molecular complexity index is 647. The highest BCUT2D eigenvalue weighted by atomic mass is 16.6. The minimum absolute atomic E-state index is 0.0313. The van der Waals surface area contributed by atoms with Gasteiger partial charge in [-0.3, -0.25) is 10.1 Å². The number of allylic oxidation sites excluding steroid dienone is 1. The van der Waals surface area contributed by atoms with E-state index in [-0.39, 0.29) is 11.6 Å². The number of nitrogens with zero attached hydrogens (tertiary/aromatic N) is 6. The van der Waals surface area contributed by atoms with Crippen LogP contribution in [0.2, 0.25) is 0 Å². The normalized spacial score (nSPS) is 11.4. The standard InChI is InChI=1S/C10H9N7O2/c11-10-13-14-15-16(10)12-6-2-4-8-3-1-5-9(7-8)17(18)19/h1-7H,(H2,11,13,15). The second kappa shape index (κ2) is 5.49. The average Bonchev–Trinajstić information content (AvgIpc) is 2.81. The molecule has 19 heavy (non-hydrogen) atoms. The quantitative estimate of drug-likeness (QED) is 0.489. The van der Waals surface area contributed by atoms with Gasteiger partial charge in [0, 0.05) is 18.3 Å². The van der Waals surface area contributed by atoms with Crippen molar-refractivity contribution in [2.45, 2.75) is 0 Å². The zero-order chi connectivity index (χ0) is 13.7. The average molecular weight is 259 g/mol. The Morgan fingerprint density at radius 1 is 1.47 bits per heavy atom. The number of nitro benzene ring substituents is 1. The zero-order valence-corrected chi connectivity index (χ0v) is 9.62. The minimum Gasteiger partial charge on any atom is -0.365 e. The summed E-state index contributed by atoms with van der Waals surface area (Å²) in [6, 6.07) is 6.22. The van der Waals surface area contributed by atoms with Crippen molar-refractivity contribution in [3.63, 3.8) is 0 Å². The Hall–Kier alpha value is -3.10. The Morgan fingerprint density at radius 2 is 2.32 bits per heavy atom. The van der Waals surface area contributed by atoms with Crippen LogP contribution in [-0.4, -0.2) is 31.5 Å². The first-order chi connectivity index (χ1) is 9.16. The molecule has 2 rings (SSSR count). The Labute approximate surface area is 107 Å². The molecule has 0 atom stereocenters. The predicted molar refractivity (Wildman–Crippen MR) is 68.2 cm³/mol. The second-order valence-electron chi connectivity index (χ2n) is 3.40. The van der Waals surface area contributed by atoms with Crippen LogP contribution in [0.3, 0.4) is 0 Å². The highest BCUT2D eigenvalue weighted by Crippen LogP contribution is 2.13. The zero-order valence-electron chi connectivity index (χ0n) is 9.62. The molecule has 9 heteroatoms.